The molecule has 118 valence electrons. The molecule has 22 heavy (non-hydrogen) atoms. The van der Waals surface area contributed by atoms with Crippen molar-refractivity contribution in [2.24, 2.45) is 5.92 Å². The molecule has 2 nitrogen and oxygen atoms in total. The number of rotatable bonds is 6. The van der Waals surface area contributed by atoms with E-state index in [1.165, 1.54) is 30.6 Å². The summed E-state index contributed by atoms with van der Waals surface area (Å²) in [6.07, 6.45) is 11.8. The van der Waals surface area contributed by atoms with Crippen LogP contribution in [0.25, 0.3) is 0 Å². The first-order chi connectivity index (χ1) is 10.7. The van der Waals surface area contributed by atoms with Crippen LogP contribution in [0.3, 0.4) is 0 Å². The van der Waals surface area contributed by atoms with Gasteiger partial charge in [0.25, 0.3) is 0 Å². The summed E-state index contributed by atoms with van der Waals surface area (Å²) in [5.41, 5.74) is 5.61. The van der Waals surface area contributed by atoms with Crippen molar-refractivity contribution < 1.29 is 0 Å². The number of benzene rings is 1. The molecule has 0 radical (unpaired) electrons. The topological polar surface area (TPSA) is 24.1 Å². The Balaban J connectivity index is 1.46. The van der Waals surface area contributed by atoms with Gasteiger partial charge in [-0.1, -0.05) is 32.1 Å². The van der Waals surface area contributed by atoms with Crippen LogP contribution in [-0.4, -0.2) is 11.8 Å². The van der Waals surface area contributed by atoms with Gasteiger partial charge in [0, 0.05) is 23.2 Å². The normalized spacial score (nSPS) is 20.0. The zero-order valence-electron chi connectivity index (χ0n) is 13.6. The van der Waals surface area contributed by atoms with E-state index in [-0.39, 0.29) is 0 Å². The van der Waals surface area contributed by atoms with Crippen molar-refractivity contribution in [3.8, 4) is 0 Å². The van der Waals surface area contributed by atoms with Crippen molar-refractivity contribution in [3.63, 3.8) is 0 Å². The van der Waals surface area contributed by atoms with Crippen LogP contribution >= 0.6 is 11.9 Å². The second-order valence-electron chi connectivity index (χ2n) is 6.50. The van der Waals surface area contributed by atoms with E-state index < -0.39 is 0 Å². The maximum Gasteiger partial charge on any atom is 0.0397 e. The van der Waals surface area contributed by atoms with E-state index in [1.807, 2.05) is 0 Å². The Morgan fingerprint density at radius 3 is 2.86 bits per heavy atom. The first-order valence-corrected chi connectivity index (χ1v) is 9.24. The average molecular weight is 314 g/mol. The van der Waals surface area contributed by atoms with Gasteiger partial charge in [-0.2, -0.15) is 0 Å². The second kappa shape index (κ2) is 7.28. The summed E-state index contributed by atoms with van der Waals surface area (Å²) >= 11 is 1.78. The maximum atomic E-state index is 3.60. The van der Waals surface area contributed by atoms with E-state index in [1.54, 1.807) is 23.1 Å². The van der Waals surface area contributed by atoms with Crippen molar-refractivity contribution in [2.45, 2.75) is 44.8 Å². The molecule has 0 saturated carbocycles. The molecule has 1 aromatic rings. The third kappa shape index (κ3) is 4.10. The lowest BCUT2D eigenvalue weighted by molar-refractivity contribution is 0.685. The molecule has 2 aliphatic rings. The molecule has 1 atom stereocenters. The molecule has 0 saturated heterocycles. The molecule has 0 unspecified atom stereocenters. The third-order valence-electron chi connectivity index (χ3n) is 4.27. The molecule has 0 bridgehead atoms. The van der Waals surface area contributed by atoms with E-state index in [4.69, 9.17) is 0 Å². The molecule has 0 aromatic heterocycles. The molecule has 0 spiro atoms. The fourth-order valence-electron chi connectivity index (χ4n) is 3.01. The molecule has 0 aliphatic heterocycles. The van der Waals surface area contributed by atoms with Gasteiger partial charge >= 0.3 is 0 Å². The van der Waals surface area contributed by atoms with Crippen molar-refractivity contribution in [1.82, 2.24) is 4.72 Å². The zero-order chi connectivity index (χ0) is 15.4. The highest BCUT2D eigenvalue weighted by molar-refractivity contribution is 7.98. The summed E-state index contributed by atoms with van der Waals surface area (Å²) in [6.45, 7) is 5.42. The highest BCUT2D eigenvalue weighted by Crippen LogP contribution is 2.25. The van der Waals surface area contributed by atoms with Crippen molar-refractivity contribution >= 4 is 17.6 Å². The van der Waals surface area contributed by atoms with Gasteiger partial charge in [-0.15, -0.1) is 0 Å². The van der Waals surface area contributed by atoms with Gasteiger partial charge in [0.1, 0.15) is 0 Å². The number of aryl methyl sites for hydroxylation is 2. The number of hydrogen-bond acceptors (Lipinski definition) is 3. The smallest absolute Gasteiger partial charge is 0.0397 e. The minimum atomic E-state index is 0.586. The van der Waals surface area contributed by atoms with Crippen LogP contribution in [0.2, 0.25) is 0 Å². The minimum absolute atomic E-state index is 0.586. The number of anilines is 1. The maximum absolute atomic E-state index is 3.60. The molecule has 1 aromatic carbocycles. The number of nitrogens with one attached hydrogen (secondary N) is 2. The van der Waals surface area contributed by atoms with Crippen LogP contribution in [0.1, 0.15) is 37.8 Å². The van der Waals surface area contributed by atoms with Gasteiger partial charge in [-0.05, 0) is 72.9 Å². The summed E-state index contributed by atoms with van der Waals surface area (Å²) in [4.78, 5) is 0. The molecule has 2 N–H and O–H groups in total. The largest absolute Gasteiger partial charge is 0.384 e. The summed E-state index contributed by atoms with van der Waals surface area (Å²) < 4.78 is 3.41. The Bertz CT molecular complexity index is 575. The van der Waals surface area contributed by atoms with Gasteiger partial charge < -0.3 is 10.0 Å². The predicted molar refractivity (Wildman–Crippen MR) is 98.1 cm³/mol. The van der Waals surface area contributed by atoms with Crippen molar-refractivity contribution in [2.75, 3.05) is 11.9 Å². The number of allylic oxidation sites excluding steroid dienone is 2. The van der Waals surface area contributed by atoms with Crippen LogP contribution in [0.15, 0.2) is 42.1 Å². The molecule has 2 aliphatic carbocycles. The lowest BCUT2D eigenvalue weighted by atomic mass is 9.99. The van der Waals surface area contributed by atoms with E-state index >= 15 is 0 Å². The third-order valence-corrected chi connectivity index (χ3v) is 5.09. The SMILES string of the molecule is CC(C)SNC1=CC[C@H](CNc2ccc3c(c2)CCC3)C=C1. The van der Waals surface area contributed by atoms with Crippen LogP contribution in [0, 0.1) is 5.92 Å². The summed E-state index contributed by atoms with van der Waals surface area (Å²) in [6, 6.07) is 6.88. The molecular weight excluding hydrogens is 288 g/mol. The van der Waals surface area contributed by atoms with Crippen LogP contribution in [-0.2, 0) is 12.8 Å². The van der Waals surface area contributed by atoms with E-state index in [0.29, 0.717) is 11.2 Å². The minimum Gasteiger partial charge on any atom is -0.384 e. The van der Waals surface area contributed by atoms with Gasteiger partial charge in [0.15, 0.2) is 0 Å². The lowest BCUT2D eigenvalue weighted by Gasteiger charge is -2.19. The summed E-state index contributed by atoms with van der Waals surface area (Å²) in [5, 5.41) is 4.21. The molecule has 3 rings (SSSR count). The lowest BCUT2D eigenvalue weighted by Crippen LogP contribution is -2.16. The Hall–Kier alpha value is -1.35. The monoisotopic (exact) mass is 314 g/mol. The zero-order valence-corrected chi connectivity index (χ0v) is 14.4. The van der Waals surface area contributed by atoms with Crippen molar-refractivity contribution in [3.05, 3.63) is 53.3 Å². The van der Waals surface area contributed by atoms with Gasteiger partial charge in [0.2, 0.25) is 0 Å². The molecule has 0 amide bonds. The van der Waals surface area contributed by atoms with E-state index in [2.05, 4.69) is 60.3 Å². The second-order valence-corrected chi connectivity index (χ2v) is 7.88. The predicted octanol–water partition coefficient (Wildman–Crippen LogP) is 4.69. The fourth-order valence-corrected chi connectivity index (χ4v) is 3.53. The van der Waals surface area contributed by atoms with Gasteiger partial charge in [-0.3, -0.25) is 0 Å². The first kappa shape index (κ1) is 15.5. The highest BCUT2D eigenvalue weighted by Gasteiger charge is 2.12. The number of hydrogen-bond donors (Lipinski definition) is 2. The Morgan fingerprint density at radius 2 is 2.09 bits per heavy atom. The van der Waals surface area contributed by atoms with Crippen LogP contribution in [0.5, 0.6) is 0 Å². The molecule has 0 heterocycles. The Labute approximate surface area is 138 Å². The highest BCUT2D eigenvalue weighted by atomic mass is 32.2. The summed E-state index contributed by atoms with van der Waals surface area (Å²) in [5.74, 6) is 0.586. The summed E-state index contributed by atoms with van der Waals surface area (Å²) in [7, 11) is 0. The van der Waals surface area contributed by atoms with E-state index in [0.717, 1.165) is 13.0 Å². The fraction of sp³-hybridized carbons (Fsp3) is 0.474. The van der Waals surface area contributed by atoms with E-state index in [9.17, 15) is 0 Å². The Morgan fingerprint density at radius 1 is 1.23 bits per heavy atom. The molecule has 3 heteroatoms. The average Bonchev–Trinajstić information content (AvgIpc) is 2.99. The Kier molecular flexibility index (Phi) is 5.14. The van der Waals surface area contributed by atoms with Gasteiger partial charge in [-0.25, -0.2) is 0 Å². The first-order valence-electron chi connectivity index (χ1n) is 8.36. The number of fused-ring (bicyclic) bond motifs is 1. The molecule has 0 fully saturated rings. The van der Waals surface area contributed by atoms with Crippen LogP contribution in [0.4, 0.5) is 5.69 Å². The van der Waals surface area contributed by atoms with Crippen LogP contribution < -0.4 is 10.0 Å². The van der Waals surface area contributed by atoms with Gasteiger partial charge in [0.05, 0.1) is 0 Å². The van der Waals surface area contributed by atoms with Crippen molar-refractivity contribution in [1.29, 1.82) is 0 Å². The standard InChI is InChI=1S/C19H26N2S/c1-14(2)22-21-18-9-6-15(7-10-18)13-20-19-11-8-16-4-3-5-17(16)12-19/h6,8-12,14-15,20-21H,3-5,7,13H2,1-2H3/t15-/m1/s1. The molecular formula is C19H26N2S. The quantitative estimate of drug-likeness (QED) is 0.745.